The minimum absolute atomic E-state index is 0.0953. The van der Waals surface area contributed by atoms with Gasteiger partial charge in [-0.1, -0.05) is 18.2 Å². The van der Waals surface area contributed by atoms with Gasteiger partial charge in [0.25, 0.3) is 0 Å². The molecular formula is C22H19FN2O3. The van der Waals surface area contributed by atoms with E-state index < -0.39 is 5.97 Å². The van der Waals surface area contributed by atoms with Gasteiger partial charge in [0.2, 0.25) is 5.91 Å². The van der Waals surface area contributed by atoms with Crippen LogP contribution in [0.4, 0.5) is 21.5 Å². The molecule has 0 spiro atoms. The van der Waals surface area contributed by atoms with E-state index in [-0.39, 0.29) is 18.1 Å². The van der Waals surface area contributed by atoms with Crippen molar-refractivity contribution in [1.29, 1.82) is 0 Å². The lowest BCUT2D eigenvalue weighted by atomic mass is 10.1. The molecule has 0 saturated carbocycles. The van der Waals surface area contributed by atoms with Crippen molar-refractivity contribution < 1.29 is 18.7 Å². The maximum Gasteiger partial charge on any atom is 0.337 e. The zero-order chi connectivity index (χ0) is 19.9. The summed E-state index contributed by atoms with van der Waals surface area (Å²) in [6.07, 6.45) is 0.0953. The average molecular weight is 378 g/mol. The first-order valence-electron chi connectivity index (χ1n) is 8.63. The van der Waals surface area contributed by atoms with Gasteiger partial charge in [0.1, 0.15) is 5.82 Å². The topological polar surface area (TPSA) is 67.4 Å². The lowest BCUT2D eigenvalue weighted by Gasteiger charge is -2.10. The van der Waals surface area contributed by atoms with E-state index >= 15 is 0 Å². The third-order valence-corrected chi connectivity index (χ3v) is 3.99. The zero-order valence-corrected chi connectivity index (χ0v) is 15.2. The zero-order valence-electron chi connectivity index (χ0n) is 15.2. The van der Waals surface area contributed by atoms with Crippen LogP contribution in [0, 0.1) is 5.82 Å². The monoisotopic (exact) mass is 378 g/mol. The van der Waals surface area contributed by atoms with Gasteiger partial charge in [-0.3, -0.25) is 4.79 Å². The Balaban J connectivity index is 1.60. The first kappa shape index (κ1) is 19.1. The Morgan fingerprint density at radius 1 is 0.893 bits per heavy atom. The summed E-state index contributed by atoms with van der Waals surface area (Å²) < 4.78 is 17.9. The number of rotatable bonds is 6. The Morgan fingerprint density at radius 2 is 1.61 bits per heavy atom. The highest BCUT2D eigenvalue weighted by molar-refractivity contribution is 5.92. The third-order valence-electron chi connectivity index (χ3n) is 3.99. The molecule has 0 aromatic heterocycles. The molecule has 1 amide bonds. The molecular weight excluding hydrogens is 359 g/mol. The second-order valence-corrected chi connectivity index (χ2v) is 6.13. The van der Waals surface area contributed by atoms with Crippen molar-refractivity contribution >= 4 is 28.9 Å². The molecule has 3 aromatic rings. The van der Waals surface area contributed by atoms with Gasteiger partial charge in [0.15, 0.2) is 0 Å². The van der Waals surface area contributed by atoms with Gasteiger partial charge in [0, 0.05) is 17.1 Å². The number of amides is 1. The van der Waals surface area contributed by atoms with Crippen LogP contribution in [0.15, 0.2) is 72.8 Å². The SMILES string of the molecule is COC(=O)c1cccc(Nc2ccc(NC(=O)Cc3cccc(F)c3)cc2)c1. The summed E-state index contributed by atoms with van der Waals surface area (Å²) in [7, 11) is 1.34. The van der Waals surface area contributed by atoms with E-state index in [1.54, 1.807) is 42.5 Å². The number of nitrogens with one attached hydrogen (secondary N) is 2. The maximum atomic E-state index is 13.2. The van der Waals surface area contributed by atoms with Crippen molar-refractivity contribution in [2.45, 2.75) is 6.42 Å². The van der Waals surface area contributed by atoms with E-state index in [0.717, 1.165) is 11.4 Å². The Bertz CT molecular complexity index is 987. The molecule has 2 N–H and O–H groups in total. The normalized spacial score (nSPS) is 10.2. The molecule has 28 heavy (non-hydrogen) atoms. The second-order valence-electron chi connectivity index (χ2n) is 6.13. The molecule has 3 rings (SSSR count). The number of halogens is 1. The molecule has 0 fully saturated rings. The summed E-state index contributed by atoms with van der Waals surface area (Å²) >= 11 is 0. The summed E-state index contributed by atoms with van der Waals surface area (Å²) in [5.41, 5.74) is 3.24. The molecule has 0 aliphatic carbocycles. The van der Waals surface area contributed by atoms with Crippen LogP contribution < -0.4 is 10.6 Å². The van der Waals surface area contributed by atoms with E-state index in [1.165, 1.54) is 19.2 Å². The van der Waals surface area contributed by atoms with Gasteiger partial charge >= 0.3 is 5.97 Å². The second kappa shape index (κ2) is 8.81. The standard InChI is InChI=1S/C22H19FN2O3/c1-28-22(27)16-5-3-7-20(14-16)24-18-8-10-19(11-9-18)25-21(26)13-15-4-2-6-17(23)12-15/h2-12,14,24H,13H2,1H3,(H,25,26). The smallest absolute Gasteiger partial charge is 0.337 e. The highest BCUT2D eigenvalue weighted by atomic mass is 19.1. The number of carbonyl (C=O) groups excluding carboxylic acids is 2. The lowest BCUT2D eigenvalue weighted by Crippen LogP contribution is -2.14. The molecule has 0 unspecified atom stereocenters. The first-order valence-corrected chi connectivity index (χ1v) is 8.63. The number of carbonyl (C=O) groups is 2. The summed E-state index contributed by atoms with van der Waals surface area (Å²) in [6.45, 7) is 0. The van der Waals surface area contributed by atoms with Crippen LogP contribution in [0.1, 0.15) is 15.9 Å². The number of methoxy groups -OCH3 is 1. The number of esters is 1. The van der Waals surface area contributed by atoms with Crippen molar-refractivity contribution in [2.75, 3.05) is 17.7 Å². The van der Waals surface area contributed by atoms with E-state index in [9.17, 15) is 14.0 Å². The number of ether oxygens (including phenoxy) is 1. The minimum Gasteiger partial charge on any atom is -0.465 e. The molecule has 0 aliphatic rings. The number of hydrogen-bond donors (Lipinski definition) is 2. The van der Waals surface area contributed by atoms with Crippen molar-refractivity contribution in [3.05, 3.63) is 89.7 Å². The fraction of sp³-hybridized carbons (Fsp3) is 0.0909. The Hall–Kier alpha value is -3.67. The van der Waals surface area contributed by atoms with Gasteiger partial charge in [-0.15, -0.1) is 0 Å². The average Bonchev–Trinajstić information content (AvgIpc) is 2.69. The van der Waals surface area contributed by atoms with Crippen molar-refractivity contribution in [3.8, 4) is 0 Å². The molecule has 142 valence electrons. The number of benzene rings is 3. The molecule has 0 heterocycles. The van der Waals surface area contributed by atoms with Crippen LogP contribution in [0.25, 0.3) is 0 Å². The van der Waals surface area contributed by atoms with Gasteiger partial charge in [-0.05, 0) is 60.2 Å². The largest absolute Gasteiger partial charge is 0.465 e. The molecule has 5 nitrogen and oxygen atoms in total. The number of hydrogen-bond acceptors (Lipinski definition) is 4. The van der Waals surface area contributed by atoms with Gasteiger partial charge in [0.05, 0.1) is 19.1 Å². The van der Waals surface area contributed by atoms with Crippen molar-refractivity contribution in [1.82, 2.24) is 0 Å². The highest BCUT2D eigenvalue weighted by Crippen LogP contribution is 2.20. The summed E-state index contributed by atoms with van der Waals surface area (Å²) in [5, 5.41) is 5.97. The molecule has 0 aliphatic heterocycles. The van der Waals surface area contributed by atoms with Crippen LogP contribution in [-0.2, 0) is 16.0 Å². The predicted molar refractivity (Wildman–Crippen MR) is 106 cm³/mol. The molecule has 3 aromatic carbocycles. The van der Waals surface area contributed by atoms with Crippen molar-refractivity contribution in [2.24, 2.45) is 0 Å². The number of anilines is 3. The van der Waals surface area contributed by atoms with E-state index in [1.807, 2.05) is 18.2 Å². The molecule has 0 saturated heterocycles. The predicted octanol–water partition coefficient (Wildman–Crippen LogP) is 4.54. The van der Waals surface area contributed by atoms with E-state index in [2.05, 4.69) is 10.6 Å². The van der Waals surface area contributed by atoms with Gasteiger partial charge in [-0.25, -0.2) is 9.18 Å². The molecule has 6 heteroatoms. The quantitative estimate of drug-likeness (QED) is 0.618. The van der Waals surface area contributed by atoms with Gasteiger partial charge in [-0.2, -0.15) is 0 Å². The fourth-order valence-electron chi connectivity index (χ4n) is 2.68. The van der Waals surface area contributed by atoms with E-state index in [0.29, 0.717) is 16.8 Å². The van der Waals surface area contributed by atoms with Crippen LogP contribution in [0.5, 0.6) is 0 Å². The Labute approximate surface area is 162 Å². The fourth-order valence-corrected chi connectivity index (χ4v) is 2.68. The van der Waals surface area contributed by atoms with Crippen LogP contribution in [-0.4, -0.2) is 19.0 Å². The summed E-state index contributed by atoms with van der Waals surface area (Å²) in [6, 6.07) is 20.1. The van der Waals surface area contributed by atoms with E-state index in [4.69, 9.17) is 4.74 Å². The van der Waals surface area contributed by atoms with Crippen molar-refractivity contribution in [3.63, 3.8) is 0 Å². The third kappa shape index (κ3) is 5.17. The lowest BCUT2D eigenvalue weighted by molar-refractivity contribution is -0.115. The summed E-state index contributed by atoms with van der Waals surface area (Å²) in [4.78, 5) is 23.7. The molecule has 0 radical (unpaired) electrons. The van der Waals surface area contributed by atoms with Crippen LogP contribution >= 0.6 is 0 Å². The summed E-state index contributed by atoms with van der Waals surface area (Å²) in [5.74, 6) is -0.992. The Kier molecular flexibility index (Phi) is 6.01. The minimum atomic E-state index is -0.403. The molecule has 0 bridgehead atoms. The highest BCUT2D eigenvalue weighted by Gasteiger charge is 2.07. The molecule has 0 atom stereocenters. The van der Waals surface area contributed by atoms with Crippen LogP contribution in [0.2, 0.25) is 0 Å². The van der Waals surface area contributed by atoms with Gasteiger partial charge < -0.3 is 15.4 Å². The Morgan fingerprint density at radius 3 is 2.32 bits per heavy atom. The first-order chi connectivity index (χ1) is 13.5. The maximum absolute atomic E-state index is 13.2. The van der Waals surface area contributed by atoms with Crippen LogP contribution in [0.3, 0.4) is 0 Å².